The van der Waals surface area contributed by atoms with Crippen LogP contribution in [0.4, 0.5) is 0 Å². The average molecular weight is 478 g/mol. The molecule has 1 aliphatic heterocycles. The SMILES string of the molecule is Cc1sc2nc(SCC(=O)N(C)[C@H]3CCS(=O)(=O)C3)n(-c3ccccc3)c(=O)c2c1C. The van der Waals surface area contributed by atoms with Gasteiger partial charge in [-0.25, -0.2) is 13.4 Å². The van der Waals surface area contributed by atoms with E-state index in [0.717, 1.165) is 10.4 Å². The Kier molecular flexibility index (Phi) is 5.97. The van der Waals surface area contributed by atoms with Crippen LogP contribution >= 0.6 is 23.1 Å². The summed E-state index contributed by atoms with van der Waals surface area (Å²) in [6, 6.07) is 8.96. The molecule has 2 aromatic heterocycles. The van der Waals surface area contributed by atoms with Crippen molar-refractivity contribution in [1.82, 2.24) is 14.5 Å². The number of hydrogen-bond acceptors (Lipinski definition) is 7. The number of para-hydroxylation sites is 1. The van der Waals surface area contributed by atoms with E-state index in [1.807, 2.05) is 44.2 Å². The van der Waals surface area contributed by atoms with Crippen LogP contribution in [0, 0.1) is 13.8 Å². The molecular formula is C21H23N3O4S3. The monoisotopic (exact) mass is 477 g/mol. The lowest BCUT2D eigenvalue weighted by Crippen LogP contribution is -2.39. The number of thioether (sulfide) groups is 1. The maximum atomic E-state index is 13.4. The quantitative estimate of drug-likeness (QED) is 0.415. The number of aromatic nitrogens is 2. The maximum absolute atomic E-state index is 13.4. The molecule has 0 radical (unpaired) electrons. The molecule has 0 N–H and O–H groups in total. The molecule has 0 aliphatic carbocycles. The van der Waals surface area contributed by atoms with Gasteiger partial charge in [0.15, 0.2) is 15.0 Å². The molecule has 31 heavy (non-hydrogen) atoms. The van der Waals surface area contributed by atoms with Gasteiger partial charge in [0.25, 0.3) is 5.56 Å². The summed E-state index contributed by atoms with van der Waals surface area (Å²) in [6.45, 7) is 3.89. The van der Waals surface area contributed by atoms with Crippen molar-refractivity contribution >= 4 is 49.1 Å². The zero-order valence-electron chi connectivity index (χ0n) is 17.5. The van der Waals surface area contributed by atoms with Gasteiger partial charge in [-0.3, -0.25) is 14.2 Å². The summed E-state index contributed by atoms with van der Waals surface area (Å²) in [7, 11) is -1.43. The predicted octanol–water partition coefficient (Wildman–Crippen LogP) is 2.80. The van der Waals surface area contributed by atoms with E-state index in [-0.39, 0.29) is 34.8 Å². The van der Waals surface area contributed by atoms with Crippen molar-refractivity contribution < 1.29 is 13.2 Å². The number of sulfone groups is 1. The number of carbonyl (C=O) groups is 1. The van der Waals surface area contributed by atoms with Gasteiger partial charge in [-0.05, 0) is 38.0 Å². The summed E-state index contributed by atoms with van der Waals surface area (Å²) in [5.41, 5.74) is 1.47. The van der Waals surface area contributed by atoms with E-state index >= 15 is 0 Å². The third kappa shape index (κ3) is 4.28. The highest BCUT2D eigenvalue weighted by atomic mass is 32.2. The van der Waals surface area contributed by atoms with E-state index in [9.17, 15) is 18.0 Å². The van der Waals surface area contributed by atoms with Crippen LogP contribution in [0.5, 0.6) is 0 Å². The zero-order valence-corrected chi connectivity index (χ0v) is 19.9. The van der Waals surface area contributed by atoms with Gasteiger partial charge in [-0.1, -0.05) is 30.0 Å². The minimum Gasteiger partial charge on any atom is -0.341 e. The molecular weight excluding hydrogens is 454 g/mol. The molecule has 164 valence electrons. The standard InChI is InChI=1S/C21H23N3O4S3/c1-13-14(2)30-19-18(13)20(26)24(15-7-5-4-6-8-15)21(22-19)29-11-17(25)23(3)16-9-10-31(27,28)12-16/h4-8,16H,9-12H2,1-3H3/t16-/m0/s1. The lowest BCUT2D eigenvalue weighted by molar-refractivity contribution is -0.128. The number of aryl methyl sites for hydroxylation is 2. The van der Waals surface area contributed by atoms with E-state index in [0.29, 0.717) is 27.5 Å². The molecule has 1 aromatic carbocycles. The van der Waals surface area contributed by atoms with Crippen molar-refractivity contribution in [3.63, 3.8) is 0 Å². The fraction of sp³-hybridized carbons (Fsp3) is 0.381. The first-order valence-electron chi connectivity index (χ1n) is 9.85. The Labute approximate surface area is 189 Å². The van der Waals surface area contributed by atoms with Crippen molar-refractivity contribution in [3.05, 3.63) is 51.1 Å². The van der Waals surface area contributed by atoms with E-state index in [4.69, 9.17) is 4.98 Å². The van der Waals surface area contributed by atoms with Crippen LogP contribution < -0.4 is 5.56 Å². The number of rotatable bonds is 5. The van der Waals surface area contributed by atoms with Gasteiger partial charge in [0.2, 0.25) is 5.91 Å². The van der Waals surface area contributed by atoms with Crippen molar-refractivity contribution in [2.24, 2.45) is 0 Å². The molecule has 1 atom stereocenters. The normalized spacial score (nSPS) is 17.8. The Balaban J connectivity index is 1.67. The van der Waals surface area contributed by atoms with Gasteiger partial charge >= 0.3 is 0 Å². The number of fused-ring (bicyclic) bond motifs is 1. The first-order chi connectivity index (χ1) is 14.7. The van der Waals surface area contributed by atoms with E-state index in [2.05, 4.69) is 0 Å². The van der Waals surface area contributed by atoms with Gasteiger partial charge in [0, 0.05) is 18.0 Å². The minimum absolute atomic E-state index is 0.00654. The summed E-state index contributed by atoms with van der Waals surface area (Å²) in [5, 5.41) is 1.06. The van der Waals surface area contributed by atoms with Gasteiger partial charge in [-0.15, -0.1) is 11.3 Å². The summed E-state index contributed by atoms with van der Waals surface area (Å²) in [4.78, 5) is 34.1. The van der Waals surface area contributed by atoms with Crippen LogP contribution in [0.3, 0.4) is 0 Å². The van der Waals surface area contributed by atoms with Crippen molar-refractivity contribution in [2.45, 2.75) is 31.5 Å². The third-order valence-corrected chi connectivity index (χ3v) is 9.44. The Morgan fingerprint density at radius 1 is 1.29 bits per heavy atom. The molecule has 0 bridgehead atoms. The fourth-order valence-electron chi connectivity index (χ4n) is 3.69. The highest BCUT2D eigenvalue weighted by Crippen LogP contribution is 2.30. The molecule has 7 nitrogen and oxygen atoms in total. The second kappa shape index (κ2) is 8.40. The highest BCUT2D eigenvalue weighted by Gasteiger charge is 2.32. The molecule has 3 aromatic rings. The van der Waals surface area contributed by atoms with Gasteiger partial charge in [0.1, 0.15) is 4.83 Å². The van der Waals surface area contributed by atoms with Crippen LogP contribution in [0.15, 0.2) is 40.3 Å². The smallest absolute Gasteiger partial charge is 0.267 e. The van der Waals surface area contributed by atoms with Crippen molar-refractivity contribution in [2.75, 3.05) is 24.3 Å². The molecule has 0 saturated carbocycles. The molecule has 1 aliphatic rings. The molecule has 1 saturated heterocycles. The zero-order chi connectivity index (χ0) is 22.3. The van der Waals surface area contributed by atoms with Crippen molar-refractivity contribution in [3.8, 4) is 5.69 Å². The maximum Gasteiger partial charge on any atom is 0.267 e. The summed E-state index contributed by atoms with van der Waals surface area (Å²) < 4.78 is 25.1. The number of nitrogens with zero attached hydrogens (tertiary/aromatic N) is 3. The molecule has 1 amide bonds. The van der Waals surface area contributed by atoms with Crippen LogP contribution in [-0.2, 0) is 14.6 Å². The van der Waals surface area contributed by atoms with Crippen LogP contribution in [0.25, 0.3) is 15.9 Å². The number of thiophene rings is 1. The number of amides is 1. The largest absolute Gasteiger partial charge is 0.341 e. The van der Waals surface area contributed by atoms with Crippen LogP contribution in [-0.4, -0.2) is 59.1 Å². The molecule has 3 heterocycles. The molecule has 0 unspecified atom stereocenters. The summed E-state index contributed by atoms with van der Waals surface area (Å²) in [5.74, 6) is 0.0126. The first-order valence-corrected chi connectivity index (χ1v) is 13.5. The Hall–Kier alpha value is -2.17. The van der Waals surface area contributed by atoms with Gasteiger partial charge in [0.05, 0.1) is 28.3 Å². The molecule has 10 heteroatoms. The Morgan fingerprint density at radius 3 is 2.65 bits per heavy atom. The Bertz CT molecular complexity index is 1310. The van der Waals surface area contributed by atoms with Gasteiger partial charge in [-0.2, -0.15) is 0 Å². The lowest BCUT2D eigenvalue weighted by atomic mass is 10.2. The second-order valence-corrected chi connectivity index (χ2v) is 12.1. The fourth-order valence-corrected chi connectivity index (χ4v) is 7.47. The van der Waals surface area contributed by atoms with Crippen molar-refractivity contribution in [1.29, 1.82) is 0 Å². The van der Waals surface area contributed by atoms with Crippen LogP contribution in [0.1, 0.15) is 16.9 Å². The van der Waals surface area contributed by atoms with E-state index in [1.54, 1.807) is 11.6 Å². The summed E-state index contributed by atoms with van der Waals surface area (Å²) in [6.07, 6.45) is 0.460. The number of hydrogen-bond donors (Lipinski definition) is 0. The minimum atomic E-state index is -3.07. The molecule has 1 fully saturated rings. The summed E-state index contributed by atoms with van der Waals surface area (Å²) >= 11 is 2.67. The van der Waals surface area contributed by atoms with Crippen LogP contribution in [0.2, 0.25) is 0 Å². The average Bonchev–Trinajstić information content (AvgIpc) is 3.24. The molecule has 0 spiro atoms. The Morgan fingerprint density at radius 2 is 2.00 bits per heavy atom. The number of benzene rings is 1. The highest BCUT2D eigenvalue weighted by molar-refractivity contribution is 7.99. The number of carbonyl (C=O) groups excluding carboxylic acids is 1. The van der Waals surface area contributed by atoms with E-state index < -0.39 is 9.84 Å². The third-order valence-electron chi connectivity index (χ3n) is 5.66. The first kappa shape index (κ1) is 22.0. The topological polar surface area (TPSA) is 89.3 Å². The molecule has 4 rings (SSSR count). The second-order valence-electron chi connectivity index (χ2n) is 7.68. The van der Waals surface area contributed by atoms with Gasteiger partial charge < -0.3 is 4.90 Å². The predicted molar refractivity (Wildman–Crippen MR) is 125 cm³/mol. The lowest BCUT2D eigenvalue weighted by Gasteiger charge is -2.23. The van der Waals surface area contributed by atoms with E-state index in [1.165, 1.54) is 28.0 Å².